The van der Waals surface area contributed by atoms with Crippen molar-refractivity contribution in [3.8, 4) is 0 Å². The van der Waals surface area contributed by atoms with Crippen LogP contribution in [0.5, 0.6) is 0 Å². The Morgan fingerprint density at radius 1 is 1.16 bits per heavy atom. The zero-order chi connectivity index (χ0) is 22.6. The van der Waals surface area contributed by atoms with Crippen LogP contribution in [0.25, 0.3) is 10.9 Å². The van der Waals surface area contributed by atoms with E-state index >= 15 is 0 Å². The number of urea groups is 1. The minimum Gasteiger partial charge on any atom is -0.337 e. The third-order valence-electron chi connectivity index (χ3n) is 4.28. The van der Waals surface area contributed by atoms with Crippen LogP contribution in [0, 0.1) is 6.92 Å². The van der Waals surface area contributed by atoms with Crippen LogP contribution in [0.3, 0.4) is 0 Å². The molecule has 1 heterocycles. The minimum atomic E-state index is -3.79. The number of carbonyl (C=O) groups excluding carboxylic acids is 2. The number of hydrogen-bond donors (Lipinski definition) is 5. The van der Waals surface area contributed by atoms with Crippen molar-refractivity contribution < 1.29 is 18.0 Å². The fourth-order valence-corrected chi connectivity index (χ4v) is 3.73. The van der Waals surface area contributed by atoms with Gasteiger partial charge >= 0.3 is 6.03 Å². The van der Waals surface area contributed by atoms with E-state index in [0.29, 0.717) is 34.4 Å². The van der Waals surface area contributed by atoms with Gasteiger partial charge in [0.15, 0.2) is 5.69 Å². The van der Waals surface area contributed by atoms with Crippen LogP contribution >= 0.6 is 11.6 Å². The first kappa shape index (κ1) is 22.5. The van der Waals surface area contributed by atoms with Crippen molar-refractivity contribution in [1.29, 1.82) is 0 Å². The average Bonchev–Trinajstić information content (AvgIpc) is 3.10. The van der Waals surface area contributed by atoms with Crippen LogP contribution in [-0.4, -0.2) is 43.0 Å². The number of nitrogens with two attached hydrogens (primary N) is 1. The number of fused-ring (bicyclic) bond motifs is 1. The summed E-state index contributed by atoms with van der Waals surface area (Å²) in [4.78, 5) is 24.7. The highest BCUT2D eigenvalue weighted by Gasteiger charge is 2.18. The second kappa shape index (κ2) is 9.33. The van der Waals surface area contributed by atoms with E-state index in [0.717, 1.165) is 5.56 Å². The summed E-state index contributed by atoms with van der Waals surface area (Å²) in [6.45, 7) is 2.11. The summed E-state index contributed by atoms with van der Waals surface area (Å²) in [7, 11) is -3.79. The van der Waals surface area contributed by atoms with Crippen LogP contribution in [0.15, 0.2) is 36.4 Å². The normalized spacial score (nSPS) is 11.3. The topological polar surface area (TPSA) is 159 Å². The molecule has 12 heteroatoms. The SMILES string of the molecule is Cc1ccc(NC(=O)c2n[nH]c3ccc(NC(=O)NCCCl)cc23)c(CS(N)(=O)=O)c1. The number of nitrogens with one attached hydrogen (secondary N) is 4. The zero-order valence-electron chi connectivity index (χ0n) is 16.5. The number of aromatic nitrogens is 2. The molecule has 0 aliphatic heterocycles. The first-order valence-corrected chi connectivity index (χ1v) is 11.4. The van der Waals surface area contributed by atoms with E-state index in [1.807, 2.05) is 0 Å². The van der Waals surface area contributed by atoms with Gasteiger partial charge in [-0.05, 0) is 36.8 Å². The van der Waals surface area contributed by atoms with Crippen LogP contribution in [0.2, 0.25) is 0 Å². The van der Waals surface area contributed by atoms with Gasteiger partial charge in [-0.2, -0.15) is 5.10 Å². The highest BCUT2D eigenvalue weighted by atomic mass is 35.5. The van der Waals surface area contributed by atoms with Gasteiger partial charge in [-0.1, -0.05) is 17.7 Å². The van der Waals surface area contributed by atoms with Crippen molar-refractivity contribution in [2.24, 2.45) is 5.14 Å². The Hall–Kier alpha value is -3.15. The number of halogens is 1. The summed E-state index contributed by atoms with van der Waals surface area (Å²) in [6.07, 6.45) is 0. The Balaban J connectivity index is 1.86. The molecule has 3 rings (SSSR count). The van der Waals surface area contributed by atoms with Crippen LogP contribution < -0.4 is 21.1 Å². The van der Waals surface area contributed by atoms with Gasteiger partial charge in [-0.15, -0.1) is 11.6 Å². The molecule has 6 N–H and O–H groups in total. The lowest BCUT2D eigenvalue weighted by molar-refractivity contribution is 0.102. The van der Waals surface area contributed by atoms with Gasteiger partial charge in [0.25, 0.3) is 5.91 Å². The first-order valence-electron chi connectivity index (χ1n) is 9.16. The molecule has 0 fully saturated rings. The van der Waals surface area contributed by atoms with Crippen molar-refractivity contribution in [3.05, 3.63) is 53.2 Å². The summed E-state index contributed by atoms with van der Waals surface area (Å²) in [5, 5.41) is 20.4. The molecule has 0 atom stereocenters. The third-order valence-corrected chi connectivity index (χ3v) is 5.18. The predicted octanol–water partition coefficient (Wildman–Crippen LogP) is 2.27. The Morgan fingerprint density at radius 2 is 1.94 bits per heavy atom. The van der Waals surface area contributed by atoms with Gasteiger partial charge in [0, 0.05) is 29.2 Å². The summed E-state index contributed by atoms with van der Waals surface area (Å²) in [6, 6.07) is 9.50. The number of primary sulfonamides is 1. The maximum Gasteiger partial charge on any atom is 0.319 e. The Labute approximate surface area is 183 Å². The van der Waals surface area contributed by atoms with Gasteiger partial charge in [0.2, 0.25) is 10.0 Å². The summed E-state index contributed by atoms with van der Waals surface area (Å²) in [5.41, 5.74) is 2.64. The van der Waals surface area contributed by atoms with Gasteiger partial charge < -0.3 is 16.0 Å². The maximum atomic E-state index is 12.9. The van der Waals surface area contributed by atoms with Gasteiger partial charge in [0.1, 0.15) is 0 Å². The van der Waals surface area contributed by atoms with E-state index in [4.69, 9.17) is 16.7 Å². The molecular weight excluding hydrogens is 444 g/mol. The molecule has 1 aromatic heterocycles. The number of alkyl halides is 1. The van der Waals surface area contributed by atoms with Crippen molar-refractivity contribution in [3.63, 3.8) is 0 Å². The van der Waals surface area contributed by atoms with E-state index in [1.165, 1.54) is 0 Å². The third kappa shape index (κ3) is 5.94. The molecular formula is C19H21ClN6O4S. The molecule has 0 radical (unpaired) electrons. The van der Waals surface area contributed by atoms with Gasteiger partial charge in [-0.25, -0.2) is 18.4 Å². The van der Waals surface area contributed by atoms with E-state index in [-0.39, 0.29) is 11.6 Å². The standard InChI is InChI=1S/C19H21ClN6O4S/c1-11-2-4-15(12(8-11)10-31(21,29)30)24-18(27)17-14-9-13(3-5-16(14)25-26-17)23-19(28)22-7-6-20/h2-5,8-9H,6-7,10H2,1H3,(H,24,27)(H,25,26)(H2,21,29,30)(H2,22,23,28). The van der Waals surface area contributed by atoms with E-state index < -0.39 is 27.7 Å². The molecule has 0 saturated carbocycles. The lowest BCUT2D eigenvalue weighted by Gasteiger charge is -2.11. The molecule has 3 aromatic rings. The second-order valence-electron chi connectivity index (χ2n) is 6.82. The largest absolute Gasteiger partial charge is 0.337 e. The molecule has 10 nitrogen and oxygen atoms in total. The van der Waals surface area contributed by atoms with Gasteiger partial charge in [0.05, 0.1) is 11.3 Å². The highest BCUT2D eigenvalue weighted by Crippen LogP contribution is 2.24. The number of sulfonamides is 1. The molecule has 0 saturated heterocycles. The smallest absolute Gasteiger partial charge is 0.319 e. The van der Waals surface area contributed by atoms with Crippen LogP contribution in [0.4, 0.5) is 16.2 Å². The van der Waals surface area contributed by atoms with Crippen molar-refractivity contribution in [1.82, 2.24) is 15.5 Å². The number of nitrogens with zero attached hydrogens (tertiary/aromatic N) is 1. The maximum absolute atomic E-state index is 12.9. The van der Waals surface area contributed by atoms with Crippen LogP contribution in [-0.2, 0) is 15.8 Å². The number of amides is 3. The van der Waals surface area contributed by atoms with Gasteiger partial charge in [-0.3, -0.25) is 9.89 Å². The Morgan fingerprint density at radius 3 is 2.65 bits per heavy atom. The number of carbonyl (C=O) groups is 2. The molecule has 164 valence electrons. The first-order chi connectivity index (χ1) is 14.7. The number of aryl methyl sites for hydroxylation is 1. The molecule has 2 aromatic carbocycles. The second-order valence-corrected chi connectivity index (χ2v) is 8.82. The molecule has 3 amide bonds. The fourth-order valence-electron chi connectivity index (χ4n) is 2.96. The summed E-state index contributed by atoms with van der Waals surface area (Å²) < 4.78 is 23.1. The molecule has 0 spiro atoms. The van der Waals surface area contributed by atoms with E-state index in [2.05, 4.69) is 26.1 Å². The molecule has 0 aliphatic rings. The predicted molar refractivity (Wildman–Crippen MR) is 120 cm³/mol. The number of rotatable bonds is 7. The summed E-state index contributed by atoms with van der Waals surface area (Å²) in [5.74, 6) is -0.684. The fraction of sp³-hybridized carbons (Fsp3) is 0.211. The number of benzene rings is 2. The lowest BCUT2D eigenvalue weighted by atomic mass is 10.1. The van der Waals surface area contributed by atoms with Crippen molar-refractivity contribution >= 4 is 55.8 Å². The van der Waals surface area contributed by atoms with Crippen LogP contribution in [0.1, 0.15) is 21.6 Å². The van der Waals surface area contributed by atoms with E-state index in [1.54, 1.807) is 43.3 Å². The molecule has 0 aliphatic carbocycles. The molecule has 0 unspecified atom stereocenters. The quantitative estimate of drug-likeness (QED) is 0.338. The number of aromatic amines is 1. The average molecular weight is 465 g/mol. The Bertz CT molecular complexity index is 1240. The Kier molecular flexibility index (Phi) is 6.78. The number of anilines is 2. The molecule has 0 bridgehead atoms. The monoisotopic (exact) mass is 464 g/mol. The molecule has 31 heavy (non-hydrogen) atoms. The number of hydrogen-bond acceptors (Lipinski definition) is 5. The van der Waals surface area contributed by atoms with Crippen molar-refractivity contribution in [2.45, 2.75) is 12.7 Å². The number of H-pyrrole nitrogens is 1. The zero-order valence-corrected chi connectivity index (χ0v) is 18.1. The summed E-state index contributed by atoms with van der Waals surface area (Å²) >= 11 is 5.55. The highest BCUT2D eigenvalue weighted by molar-refractivity contribution is 7.88. The minimum absolute atomic E-state index is 0.0851. The van der Waals surface area contributed by atoms with Crippen molar-refractivity contribution in [2.75, 3.05) is 23.1 Å². The van der Waals surface area contributed by atoms with E-state index in [9.17, 15) is 18.0 Å². The lowest BCUT2D eigenvalue weighted by Crippen LogP contribution is -2.30.